The summed E-state index contributed by atoms with van der Waals surface area (Å²) in [4.78, 5) is 13.7. The van der Waals surface area contributed by atoms with E-state index in [9.17, 15) is 9.18 Å². The van der Waals surface area contributed by atoms with Crippen LogP contribution in [0.25, 0.3) is 0 Å². The largest absolute Gasteiger partial charge is 0.453 e. The maximum atomic E-state index is 13.4. The predicted molar refractivity (Wildman–Crippen MR) is 97.5 cm³/mol. The van der Waals surface area contributed by atoms with E-state index in [2.05, 4.69) is 0 Å². The van der Waals surface area contributed by atoms with E-state index < -0.39 is 0 Å². The number of rotatable bonds is 4. The van der Waals surface area contributed by atoms with Crippen molar-refractivity contribution in [3.8, 4) is 0 Å². The minimum absolute atomic E-state index is 0.0773. The molecule has 1 unspecified atom stereocenters. The third-order valence-electron chi connectivity index (χ3n) is 5.74. The standard InChI is InChI=1S/C20H29FN2O3/c1-25-20(24)23-11-3-6-18(22)19(23)13-26-17-9-7-14(8-10-17)15-4-2-5-16(21)12-15/h2,4-5,12,14,17-19H,3,6-11,13,22H2,1H3/t14?,17?,18?,19-/m0/s1. The van der Waals surface area contributed by atoms with Crippen LogP contribution in [-0.2, 0) is 9.47 Å². The molecule has 0 aromatic heterocycles. The van der Waals surface area contributed by atoms with Crippen molar-refractivity contribution in [1.82, 2.24) is 4.90 Å². The molecule has 2 aliphatic rings. The first-order chi connectivity index (χ1) is 12.6. The van der Waals surface area contributed by atoms with Crippen LogP contribution in [0.2, 0.25) is 0 Å². The lowest BCUT2D eigenvalue weighted by atomic mass is 9.82. The van der Waals surface area contributed by atoms with Gasteiger partial charge in [-0.15, -0.1) is 0 Å². The number of carbonyl (C=O) groups is 1. The molecule has 6 heteroatoms. The van der Waals surface area contributed by atoms with Crippen LogP contribution in [0.5, 0.6) is 0 Å². The van der Waals surface area contributed by atoms with Gasteiger partial charge in [-0.3, -0.25) is 0 Å². The number of halogens is 1. The van der Waals surface area contributed by atoms with E-state index in [4.69, 9.17) is 15.2 Å². The minimum Gasteiger partial charge on any atom is -0.453 e. The first kappa shape index (κ1) is 19.1. The van der Waals surface area contributed by atoms with Crippen molar-refractivity contribution < 1.29 is 18.7 Å². The third-order valence-corrected chi connectivity index (χ3v) is 5.74. The average molecular weight is 364 g/mol. The number of benzene rings is 1. The van der Waals surface area contributed by atoms with Crippen LogP contribution in [0, 0.1) is 5.82 Å². The Hall–Kier alpha value is -1.66. The molecular weight excluding hydrogens is 335 g/mol. The van der Waals surface area contributed by atoms with Gasteiger partial charge >= 0.3 is 6.09 Å². The second-order valence-corrected chi connectivity index (χ2v) is 7.40. The second-order valence-electron chi connectivity index (χ2n) is 7.40. The van der Waals surface area contributed by atoms with E-state index in [0.717, 1.165) is 44.1 Å². The molecule has 1 amide bonds. The molecule has 2 N–H and O–H groups in total. The summed E-state index contributed by atoms with van der Waals surface area (Å²) >= 11 is 0. The number of likely N-dealkylation sites (tertiary alicyclic amines) is 1. The molecule has 5 nitrogen and oxygen atoms in total. The first-order valence-corrected chi connectivity index (χ1v) is 9.55. The highest BCUT2D eigenvalue weighted by Gasteiger charge is 2.34. The summed E-state index contributed by atoms with van der Waals surface area (Å²) in [6.07, 6.45) is 5.51. The van der Waals surface area contributed by atoms with E-state index in [1.54, 1.807) is 17.0 Å². The molecule has 1 aromatic carbocycles. The number of methoxy groups -OCH3 is 1. The van der Waals surface area contributed by atoms with Crippen LogP contribution < -0.4 is 5.73 Å². The number of piperidine rings is 1. The molecule has 1 heterocycles. The molecule has 144 valence electrons. The molecule has 2 atom stereocenters. The number of nitrogens with two attached hydrogens (primary N) is 1. The van der Waals surface area contributed by atoms with Crippen molar-refractivity contribution in [3.05, 3.63) is 35.6 Å². The Morgan fingerprint density at radius 2 is 2.04 bits per heavy atom. The molecule has 0 bridgehead atoms. The predicted octanol–water partition coefficient (Wildman–Crippen LogP) is 3.43. The Kier molecular flexibility index (Phi) is 6.48. The molecule has 1 aromatic rings. The molecule has 1 aliphatic carbocycles. The first-order valence-electron chi connectivity index (χ1n) is 9.55. The second kappa shape index (κ2) is 8.82. The lowest BCUT2D eigenvalue weighted by Crippen LogP contribution is -2.56. The quantitative estimate of drug-likeness (QED) is 0.889. The van der Waals surface area contributed by atoms with Gasteiger partial charge in [0, 0.05) is 12.6 Å². The summed E-state index contributed by atoms with van der Waals surface area (Å²) in [5.74, 6) is 0.226. The van der Waals surface area contributed by atoms with Crippen molar-refractivity contribution in [3.63, 3.8) is 0 Å². The van der Waals surface area contributed by atoms with Crippen LogP contribution in [0.1, 0.15) is 50.0 Å². The fraction of sp³-hybridized carbons (Fsp3) is 0.650. The van der Waals surface area contributed by atoms with Gasteiger partial charge in [0.25, 0.3) is 0 Å². The number of hydrogen-bond donors (Lipinski definition) is 1. The summed E-state index contributed by atoms with van der Waals surface area (Å²) in [7, 11) is 1.40. The van der Waals surface area contributed by atoms with E-state index in [1.165, 1.54) is 13.2 Å². The summed E-state index contributed by atoms with van der Waals surface area (Å²) in [6, 6.07) is 6.70. The van der Waals surface area contributed by atoms with Crippen LogP contribution in [0.4, 0.5) is 9.18 Å². The highest BCUT2D eigenvalue weighted by molar-refractivity contribution is 5.68. The van der Waals surface area contributed by atoms with Crippen molar-refractivity contribution in [2.75, 3.05) is 20.3 Å². The molecule has 1 saturated heterocycles. The Labute approximate surface area is 154 Å². The minimum atomic E-state index is -0.330. The van der Waals surface area contributed by atoms with E-state index in [-0.39, 0.29) is 30.1 Å². The molecule has 1 saturated carbocycles. The third kappa shape index (κ3) is 4.54. The SMILES string of the molecule is COC(=O)N1CCCC(N)[C@@H]1COC1CCC(c2cccc(F)c2)CC1. The van der Waals surface area contributed by atoms with Gasteiger partial charge in [-0.2, -0.15) is 0 Å². The summed E-state index contributed by atoms with van der Waals surface area (Å²) < 4.78 is 24.4. The van der Waals surface area contributed by atoms with Crippen molar-refractivity contribution in [2.24, 2.45) is 5.73 Å². The van der Waals surface area contributed by atoms with Gasteiger partial charge in [0.2, 0.25) is 0 Å². The van der Waals surface area contributed by atoms with Crippen LogP contribution >= 0.6 is 0 Å². The number of carbonyl (C=O) groups excluding carboxylic acids is 1. The number of amides is 1. The maximum Gasteiger partial charge on any atom is 0.409 e. The lowest BCUT2D eigenvalue weighted by Gasteiger charge is -2.39. The van der Waals surface area contributed by atoms with Gasteiger partial charge in [0.05, 0.1) is 25.9 Å². The molecule has 0 radical (unpaired) electrons. The molecule has 0 spiro atoms. The fourth-order valence-corrected chi connectivity index (χ4v) is 4.20. The number of hydrogen-bond acceptors (Lipinski definition) is 4. The average Bonchev–Trinajstić information content (AvgIpc) is 2.66. The highest BCUT2D eigenvalue weighted by atomic mass is 19.1. The Morgan fingerprint density at radius 3 is 2.73 bits per heavy atom. The van der Waals surface area contributed by atoms with Gasteiger partial charge in [-0.05, 0) is 62.1 Å². The summed E-state index contributed by atoms with van der Waals surface area (Å²) in [6.45, 7) is 1.12. The Bertz CT molecular complexity index is 604. The molecular formula is C20H29FN2O3. The molecule has 2 fully saturated rings. The van der Waals surface area contributed by atoms with Crippen molar-refractivity contribution >= 4 is 6.09 Å². The number of nitrogens with zero attached hydrogens (tertiary/aromatic N) is 1. The van der Waals surface area contributed by atoms with Crippen LogP contribution in [0.15, 0.2) is 24.3 Å². The zero-order valence-electron chi connectivity index (χ0n) is 15.4. The molecule has 3 rings (SSSR count). The topological polar surface area (TPSA) is 64.8 Å². The maximum absolute atomic E-state index is 13.4. The van der Waals surface area contributed by atoms with E-state index in [1.807, 2.05) is 6.07 Å². The van der Waals surface area contributed by atoms with E-state index >= 15 is 0 Å². The monoisotopic (exact) mass is 364 g/mol. The van der Waals surface area contributed by atoms with Crippen molar-refractivity contribution in [2.45, 2.75) is 62.6 Å². The smallest absolute Gasteiger partial charge is 0.409 e. The molecule has 1 aliphatic heterocycles. The highest BCUT2D eigenvalue weighted by Crippen LogP contribution is 2.34. The zero-order valence-corrected chi connectivity index (χ0v) is 15.4. The van der Waals surface area contributed by atoms with Gasteiger partial charge < -0.3 is 20.1 Å². The Morgan fingerprint density at radius 1 is 1.27 bits per heavy atom. The Balaban J connectivity index is 1.50. The summed E-state index contributed by atoms with van der Waals surface area (Å²) in [5, 5.41) is 0. The fourth-order valence-electron chi connectivity index (χ4n) is 4.20. The van der Waals surface area contributed by atoms with Gasteiger partial charge in [-0.1, -0.05) is 12.1 Å². The van der Waals surface area contributed by atoms with Crippen LogP contribution in [0.3, 0.4) is 0 Å². The van der Waals surface area contributed by atoms with Gasteiger partial charge in [-0.25, -0.2) is 9.18 Å². The van der Waals surface area contributed by atoms with Crippen molar-refractivity contribution in [1.29, 1.82) is 0 Å². The zero-order chi connectivity index (χ0) is 18.5. The summed E-state index contributed by atoms with van der Waals surface area (Å²) in [5.41, 5.74) is 7.30. The molecule has 26 heavy (non-hydrogen) atoms. The van der Waals surface area contributed by atoms with Crippen LogP contribution in [-0.4, -0.2) is 49.4 Å². The normalized spacial score (nSPS) is 29.4. The van der Waals surface area contributed by atoms with E-state index in [0.29, 0.717) is 19.1 Å². The lowest BCUT2D eigenvalue weighted by molar-refractivity contribution is -0.0229. The number of ether oxygens (including phenoxy) is 2. The van der Waals surface area contributed by atoms with Gasteiger partial charge in [0.15, 0.2) is 0 Å². The van der Waals surface area contributed by atoms with Gasteiger partial charge in [0.1, 0.15) is 5.82 Å².